The molecule has 10 heteroatoms. The maximum absolute atomic E-state index is 13.7. The van der Waals surface area contributed by atoms with E-state index in [0.29, 0.717) is 37.3 Å². The SMILES string of the molecule is O=C(C[C@H]1CC=CCCCCC(=O)OC[C@@H](C(=O)Nc2ccc3ccccc3c2)NC1=O)N[C@H](CO)Cc1ccc(OCc2ccccc2)cc1. The van der Waals surface area contributed by atoms with Gasteiger partial charge < -0.3 is 30.5 Å². The Kier molecular flexibility index (Phi) is 13.7. The molecule has 4 aromatic rings. The molecule has 4 aromatic carbocycles. The third kappa shape index (κ3) is 11.8. The van der Waals surface area contributed by atoms with Gasteiger partial charge in [-0.2, -0.15) is 0 Å². The number of fused-ring (bicyclic) bond motifs is 1. The van der Waals surface area contributed by atoms with Gasteiger partial charge in [-0.15, -0.1) is 0 Å². The summed E-state index contributed by atoms with van der Waals surface area (Å²) in [5.41, 5.74) is 2.49. The van der Waals surface area contributed by atoms with Gasteiger partial charge in [0.1, 0.15) is 25.0 Å². The number of anilines is 1. The Labute approximate surface area is 298 Å². The fourth-order valence-electron chi connectivity index (χ4n) is 5.83. The minimum atomic E-state index is -1.18. The zero-order valence-corrected chi connectivity index (χ0v) is 28.6. The van der Waals surface area contributed by atoms with Crippen LogP contribution in [0.15, 0.2) is 109 Å². The number of aliphatic hydroxyl groups excluding tert-OH is 1. The first-order chi connectivity index (χ1) is 24.9. The van der Waals surface area contributed by atoms with Crippen molar-refractivity contribution in [1.29, 1.82) is 0 Å². The molecule has 1 aliphatic rings. The predicted molar refractivity (Wildman–Crippen MR) is 196 cm³/mol. The van der Waals surface area contributed by atoms with E-state index in [4.69, 9.17) is 9.47 Å². The number of carbonyl (C=O) groups excluding carboxylic acids is 4. The fourth-order valence-corrected chi connectivity index (χ4v) is 5.83. The fraction of sp³-hybridized carbons (Fsp3) is 0.317. The van der Waals surface area contributed by atoms with Crippen molar-refractivity contribution in [2.45, 2.75) is 63.6 Å². The molecule has 3 amide bonds. The molecule has 0 aliphatic carbocycles. The molecule has 4 N–H and O–H groups in total. The number of hydrogen-bond donors (Lipinski definition) is 4. The molecule has 3 atom stereocenters. The topological polar surface area (TPSA) is 143 Å². The van der Waals surface area contributed by atoms with Crippen molar-refractivity contribution in [3.05, 3.63) is 120 Å². The second-order valence-electron chi connectivity index (χ2n) is 12.7. The van der Waals surface area contributed by atoms with Crippen LogP contribution in [0.2, 0.25) is 0 Å². The Morgan fingerprint density at radius 3 is 2.43 bits per heavy atom. The molecule has 0 saturated heterocycles. The molecule has 51 heavy (non-hydrogen) atoms. The van der Waals surface area contributed by atoms with E-state index in [2.05, 4.69) is 16.0 Å². The first-order valence-corrected chi connectivity index (χ1v) is 17.4. The lowest BCUT2D eigenvalue weighted by atomic mass is 9.97. The van der Waals surface area contributed by atoms with Crippen LogP contribution in [-0.4, -0.2) is 54.1 Å². The minimum Gasteiger partial charge on any atom is -0.489 e. The molecule has 5 rings (SSSR count). The van der Waals surface area contributed by atoms with Gasteiger partial charge >= 0.3 is 5.97 Å². The van der Waals surface area contributed by atoms with Crippen LogP contribution in [0.4, 0.5) is 5.69 Å². The number of esters is 1. The first-order valence-electron chi connectivity index (χ1n) is 17.4. The second kappa shape index (κ2) is 19.1. The Bertz CT molecular complexity index is 1790. The van der Waals surface area contributed by atoms with Crippen molar-refractivity contribution in [2.75, 3.05) is 18.5 Å². The molecule has 1 heterocycles. The number of carbonyl (C=O) groups is 4. The number of aliphatic hydroxyl groups is 1. The van der Waals surface area contributed by atoms with Gasteiger partial charge in [0.15, 0.2) is 0 Å². The highest BCUT2D eigenvalue weighted by atomic mass is 16.5. The lowest BCUT2D eigenvalue weighted by Crippen LogP contribution is -2.50. The Hall–Kier alpha value is -5.48. The van der Waals surface area contributed by atoms with E-state index in [9.17, 15) is 24.3 Å². The first kappa shape index (κ1) is 36.8. The normalized spacial score (nSPS) is 17.7. The lowest BCUT2D eigenvalue weighted by molar-refractivity contribution is -0.146. The van der Waals surface area contributed by atoms with Gasteiger partial charge in [0.25, 0.3) is 5.91 Å². The highest BCUT2D eigenvalue weighted by Crippen LogP contribution is 2.20. The molecule has 0 spiro atoms. The van der Waals surface area contributed by atoms with Crippen LogP contribution < -0.4 is 20.7 Å². The van der Waals surface area contributed by atoms with Crippen LogP contribution in [0.3, 0.4) is 0 Å². The van der Waals surface area contributed by atoms with Crippen molar-refractivity contribution in [3.8, 4) is 5.75 Å². The van der Waals surface area contributed by atoms with Crippen molar-refractivity contribution in [3.63, 3.8) is 0 Å². The molecular weight excluding hydrogens is 646 g/mol. The summed E-state index contributed by atoms with van der Waals surface area (Å²) in [6, 6.07) is 28.8. The van der Waals surface area contributed by atoms with E-state index in [0.717, 1.165) is 28.3 Å². The highest BCUT2D eigenvalue weighted by molar-refractivity contribution is 5.99. The number of benzene rings is 4. The van der Waals surface area contributed by atoms with Gasteiger partial charge in [0, 0.05) is 18.5 Å². The number of nitrogens with one attached hydrogen (secondary N) is 3. The van der Waals surface area contributed by atoms with Crippen molar-refractivity contribution < 1.29 is 33.8 Å². The minimum absolute atomic E-state index is 0.169. The summed E-state index contributed by atoms with van der Waals surface area (Å²) in [5, 5.41) is 20.5. The summed E-state index contributed by atoms with van der Waals surface area (Å²) in [7, 11) is 0. The zero-order valence-electron chi connectivity index (χ0n) is 28.6. The Balaban J connectivity index is 1.21. The molecule has 0 aromatic heterocycles. The molecular formula is C41H45N3O7. The average molecular weight is 692 g/mol. The van der Waals surface area contributed by atoms with E-state index in [-0.39, 0.29) is 32.5 Å². The summed E-state index contributed by atoms with van der Waals surface area (Å²) >= 11 is 0. The summed E-state index contributed by atoms with van der Waals surface area (Å²) in [6.45, 7) is -0.195. The third-order valence-electron chi connectivity index (χ3n) is 8.69. The van der Waals surface area contributed by atoms with Crippen molar-refractivity contribution >= 4 is 40.2 Å². The molecule has 1 aliphatic heterocycles. The highest BCUT2D eigenvalue weighted by Gasteiger charge is 2.29. The van der Waals surface area contributed by atoms with Crippen LogP contribution >= 0.6 is 0 Å². The van der Waals surface area contributed by atoms with Gasteiger partial charge in [-0.25, -0.2) is 0 Å². The number of allylic oxidation sites excluding steroid dienone is 2. The number of hydrogen-bond acceptors (Lipinski definition) is 7. The zero-order chi connectivity index (χ0) is 35.8. The van der Waals surface area contributed by atoms with Crippen LogP contribution in [0.5, 0.6) is 5.75 Å². The summed E-state index contributed by atoms with van der Waals surface area (Å²) < 4.78 is 11.3. The average Bonchev–Trinajstić information content (AvgIpc) is 3.14. The Morgan fingerprint density at radius 1 is 0.882 bits per heavy atom. The van der Waals surface area contributed by atoms with Crippen LogP contribution in [0.25, 0.3) is 10.8 Å². The van der Waals surface area contributed by atoms with E-state index >= 15 is 0 Å². The summed E-state index contributed by atoms with van der Waals surface area (Å²) in [4.78, 5) is 52.8. The molecule has 10 nitrogen and oxygen atoms in total. The van der Waals surface area contributed by atoms with Gasteiger partial charge in [0.05, 0.1) is 18.6 Å². The van der Waals surface area contributed by atoms with Crippen LogP contribution in [-0.2, 0) is 36.9 Å². The third-order valence-corrected chi connectivity index (χ3v) is 8.69. The summed E-state index contributed by atoms with van der Waals surface area (Å²) in [5.74, 6) is -2.03. The van der Waals surface area contributed by atoms with E-state index in [1.165, 1.54) is 0 Å². The van der Waals surface area contributed by atoms with Crippen LogP contribution in [0.1, 0.15) is 49.7 Å². The molecule has 0 radical (unpaired) electrons. The molecule has 266 valence electrons. The number of rotatable bonds is 11. The number of cyclic esters (lactones) is 1. The van der Waals surface area contributed by atoms with Gasteiger partial charge in [-0.3, -0.25) is 19.2 Å². The lowest BCUT2D eigenvalue weighted by Gasteiger charge is -2.23. The predicted octanol–water partition coefficient (Wildman–Crippen LogP) is 5.63. The van der Waals surface area contributed by atoms with Gasteiger partial charge in [-0.1, -0.05) is 84.9 Å². The molecule has 0 fully saturated rings. The monoisotopic (exact) mass is 691 g/mol. The standard InChI is InChI=1S/C41H45N3O7/c45-26-35(23-29-17-21-36(22-18-29)50-27-30-11-5-4-6-12-30)42-38(46)25-33-15-7-2-1-3-8-16-39(47)51-28-37(44-40(33)48)41(49)43-34-20-19-31-13-9-10-14-32(31)24-34/h2,4-7,9-14,17-22,24,33,35,37,45H,1,3,8,15-16,23,25-28H2,(H,42,46)(H,43,49)(H,44,48)/t33-,35+,37+/m1/s1. The number of ether oxygens (including phenoxy) is 2. The van der Waals surface area contributed by atoms with E-state index in [1.807, 2.05) is 103 Å². The molecule has 0 unspecified atom stereocenters. The Morgan fingerprint density at radius 2 is 1.65 bits per heavy atom. The quantitative estimate of drug-likeness (QED) is 0.118. The molecule has 0 bridgehead atoms. The van der Waals surface area contributed by atoms with Crippen molar-refractivity contribution in [1.82, 2.24) is 10.6 Å². The van der Waals surface area contributed by atoms with Gasteiger partial charge in [-0.05, 0) is 78.3 Å². The van der Waals surface area contributed by atoms with Gasteiger partial charge in [0.2, 0.25) is 11.8 Å². The van der Waals surface area contributed by atoms with Crippen LogP contribution in [0, 0.1) is 5.92 Å². The molecule has 0 saturated carbocycles. The van der Waals surface area contributed by atoms with Crippen molar-refractivity contribution in [2.24, 2.45) is 5.92 Å². The number of amides is 3. The second-order valence-corrected chi connectivity index (χ2v) is 12.7. The van der Waals surface area contributed by atoms with E-state index < -0.39 is 41.7 Å². The van der Waals surface area contributed by atoms with E-state index in [1.54, 1.807) is 6.07 Å². The summed E-state index contributed by atoms with van der Waals surface area (Å²) in [6.07, 6.45) is 6.58. The smallest absolute Gasteiger partial charge is 0.305 e. The maximum atomic E-state index is 13.7. The largest absolute Gasteiger partial charge is 0.489 e. The maximum Gasteiger partial charge on any atom is 0.305 e.